The van der Waals surface area contributed by atoms with E-state index in [9.17, 15) is 9.59 Å². The number of amides is 2. The molecule has 1 saturated heterocycles. The van der Waals surface area contributed by atoms with E-state index in [1.807, 2.05) is 50.2 Å². The molecule has 1 atom stereocenters. The van der Waals surface area contributed by atoms with E-state index in [4.69, 9.17) is 11.6 Å². The van der Waals surface area contributed by atoms with Crippen molar-refractivity contribution in [2.75, 3.05) is 17.2 Å². The summed E-state index contributed by atoms with van der Waals surface area (Å²) in [5, 5.41) is 0.578. The molecular formula is C21H21ClN2O2S. The molecule has 2 aromatic rings. The summed E-state index contributed by atoms with van der Waals surface area (Å²) in [5.74, 6) is 0.684. The Bertz CT molecular complexity index is 932. The summed E-state index contributed by atoms with van der Waals surface area (Å²) in [4.78, 5) is 28.9. The Kier molecular flexibility index (Phi) is 4.68. The summed E-state index contributed by atoms with van der Waals surface area (Å²) in [6.45, 7) is 4.93. The number of carbonyl (C=O) groups is 2. The molecule has 0 aliphatic carbocycles. The van der Waals surface area contributed by atoms with Gasteiger partial charge in [-0.1, -0.05) is 48.4 Å². The number of rotatable bonds is 3. The minimum absolute atomic E-state index is 0.00307. The summed E-state index contributed by atoms with van der Waals surface area (Å²) >= 11 is 7.82. The van der Waals surface area contributed by atoms with Crippen LogP contribution in [0, 0.1) is 6.92 Å². The minimum Gasteiger partial charge on any atom is -0.315 e. The molecular weight excluding hydrogens is 380 g/mol. The highest BCUT2D eigenvalue weighted by Crippen LogP contribution is 2.55. The monoisotopic (exact) mass is 400 g/mol. The van der Waals surface area contributed by atoms with Crippen molar-refractivity contribution in [1.82, 2.24) is 4.90 Å². The zero-order chi connectivity index (χ0) is 19.2. The van der Waals surface area contributed by atoms with Gasteiger partial charge in [0.1, 0.15) is 0 Å². The van der Waals surface area contributed by atoms with Crippen molar-refractivity contribution < 1.29 is 9.59 Å². The molecule has 2 aromatic carbocycles. The molecule has 2 aliphatic rings. The maximum Gasteiger partial charge on any atom is 0.268 e. The lowest BCUT2D eigenvalue weighted by Gasteiger charge is -2.33. The van der Waals surface area contributed by atoms with Gasteiger partial charge in [0.25, 0.3) is 5.91 Å². The second-order valence-corrected chi connectivity index (χ2v) is 8.66. The normalized spacial score (nSPS) is 21.2. The summed E-state index contributed by atoms with van der Waals surface area (Å²) in [6, 6.07) is 13.7. The van der Waals surface area contributed by atoms with E-state index in [2.05, 4.69) is 6.07 Å². The van der Waals surface area contributed by atoms with Crippen LogP contribution in [0.25, 0.3) is 0 Å². The zero-order valence-electron chi connectivity index (χ0n) is 15.4. The number of nitrogens with zero attached hydrogens (tertiary/aromatic N) is 2. The second-order valence-electron chi connectivity index (χ2n) is 6.93. The molecule has 6 heteroatoms. The number of hydrogen-bond acceptors (Lipinski definition) is 3. The van der Waals surface area contributed by atoms with Crippen molar-refractivity contribution in [3.05, 3.63) is 64.2 Å². The molecule has 2 heterocycles. The lowest BCUT2D eigenvalue weighted by molar-refractivity contribution is -0.139. The van der Waals surface area contributed by atoms with Crippen LogP contribution in [0.3, 0.4) is 0 Å². The Morgan fingerprint density at radius 1 is 1.26 bits per heavy atom. The first-order chi connectivity index (χ1) is 13.0. The number of benzene rings is 2. The van der Waals surface area contributed by atoms with Crippen molar-refractivity contribution in [3.8, 4) is 0 Å². The van der Waals surface area contributed by atoms with Gasteiger partial charge in [-0.3, -0.25) is 9.59 Å². The van der Waals surface area contributed by atoms with E-state index < -0.39 is 4.87 Å². The van der Waals surface area contributed by atoms with Gasteiger partial charge in [-0.15, -0.1) is 11.8 Å². The number of carbonyl (C=O) groups excluding carboxylic acids is 2. The van der Waals surface area contributed by atoms with E-state index in [0.29, 0.717) is 24.5 Å². The molecule has 0 bridgehead atoms. The number of fused-ring (bicyclic) bond motifs is 2. The Hall–Kier alpha value is -1.98. The number of aryl methyl sites for hydroxylation is 1. The quantitative estimate of drug-likeness (QED) is 0.769. The Balaban J connectivity index is 1.82. The van der Waals surface area contributed by atoms with Gasteiger partial charge in [0.05, 0.1) is 12.2 Å². The number of thioether (sulfide) groups is 1. The van der Waals surface area contributed by atoms with Crippen LogP contribution in [0.4, 0.5) is 5.69 Å². The molecule has 2 aliphatic heterocycles. The fourth-order valence-corrected chi connectivity index (χ4v) is 5.63. The molecule has 27 heavy (non-hydrogen) atoms. The van der Waals surface area contributed by atoms with Crippen LogP contribution in [0.2, 0.25) is 5.02 Å². The first kappa shape index (κ1) is 18.4. The molecule has 4 rings (SSSR count). The smallest absolute Gasteiger partial charge is 0.268 e. The van der Waals surface area contributed by atoms with E-state index in [1.54, 1.807) is 9.80 Å². The Morgan fingerprint density at radius 3 is 2.81 bits per heavy atom. The summed E-state index contributed by atoms with van der Waals surface area (Å²) in [6.07, 6.45) is 0.378. The van der Waals surface area contributed by atoms with Crippen LogP contribution in [0.15, 0.2) is 42.5 Å². The Morgan fingerprint density at radius 2 is 2.07 bits per heavy atom. The van der Waals surface area contributed by atoms with Crippen LogP contribution >= 0.6 is 23.4 Å². The van der Waals surface area contributed by atoms with Crippen molar-refractivity contribution in [1.29, 1.82) is 0 Å². The van der Waals surface area contributed by atoms with Crippen molar-refractivity contribution >= 4 is 40.9 Å². The van der Waals surface area contributed by atoms with Crippen molar-refractivity contribution in [3.63, 3.8) is 0 Å². The second kappa shape index (κ2) is 6.88. The standard InChI is InChI=1S/C21H21ClN2O2S/c1-3-19(25)24-9-10-27-21(24)17-12-16(22)7-8-18(17)23(20(21)26)13-15-6-4-5-14(2)11-15/h4-8,11-12H,3,9-10,13H2,1-2H3/t21-/m1/s1. The maximum absolute atomic E-state index is 13.7. The van der Waals surface area contributed by atoms with Crippen LogP contribution < -0.4 is 4.90 Å². The predicted octanol–water partition coefficient (Wildman–Crippen LogP) is 4.33. The third-order valence-corrected chi connectivity index (χ3v) is 6.84. The van der Waals surface area contributed by atoms with Crippen LogP contribution in [-0.2, 0) is 21.0 Å². The average molecular weight is 401 g/mol. The van der Waals surface area contributed by atoms with E-state index in [0.717, 1.165) is 28.1 Å². The van der Waals surface area contributed by atoms with Gasteiger partial charge in [-0.05, 0) is 30.7 Å². The molecule has 0 saturated carbocycles. The lowest BCUT2D eigenvalue weighted by Crippen LogP contribution is -2.50. The first-order valence-electron chi connectivity index (χ1n) is 9.09. The summed E-state index contributed by atoms with van der Waals surface area (Å²) in [7, 11) is 0. The highest BCUT2D eigenvalue weighted by atomic mass is 35.5. The fourth-order valence-electron chi connectivity index (χ4n) is 3.98. The molecule has 0 radical (unpaired) electrons. The summed E-state index contributed by atoms with van der Waals surface area (Å²) in [5.41, 5.74) is 3.90. The van der Waals surface area contributed by atoms with Crippen LogP contribution in [0.5, 0.6) is 0 Å². The first-order valence-corrected chi connectivity index (χ1v) is 10.5. The van der Waals surface area contributed by atoms with Gasteiger partial charge >= 0.3 is 0 Å². The molecule has 140 valence electrons. The molecule has 0 aromatic heterocycles. The Labute approximate surface area is 168 Å². The van der Waals surface area contributed by atoms with Gasteiger partial charge in [0, 0.05) is 29.3 Å². The maximum atomic E-state index is 13.7. The minimum atomic E-state index is -0.989. The molecule has 0 unspecified atom stereocenters. The van der Waals surface area contributed by atoms with Crippen molar-refractivity contribution in [2.24, 2.45) is 0 Å². The number of anilines is 1. The molecule has 1 spiro atoms. The lowest BCUT2D eigenvalue weighted by atomic mass is 10.1. The topological polar surface area (TPSA) is 40.6 Å². The molecule has 0 N–H and O–H groups in total. The highest BCUT2D eigenvalue weighted by molar-refractivity contribution is 8.01. The SMILES string of the molecule is CCC(=O)N1CCS[C@]12C(=O)N(Cc1cccc(C)c1)c1ccc(Cl)cc12. The van der Waals surface area contributed by atoms with Gasteiger partial charge in [0.15, 0.2) is 4.87 Å². The van der Waals surface area contributed by atoms with E-state index in [1.165, 1.54) is 11.8 Å². The molecule has 4 nitrogen and oxygen atoms in total. The van der Waals surface area contributed by atoms with Gasteiger partial charge in [-0.2, -0.15) is 0 Å². The van der Waals surface area contributed by atoms with E-state index >= 15 is 0 Å². The van der Waals surface area contributed by atoms with Gasteiger partial charge in [-0.25, -0.2) is 0 Å². The third kappa shape index (κ3) is 2.84. The number of halogens is 1. The van der Waals surface area contributed by atoms with Gasteiger partial charge in [0.2, 0.25) is 5.91 Å². The van der Waals surface area contributed by atoms with Crippen LogP contribution in [0.1, 0.15) is 30.0 Å². The average Bonchev–Trinajstić information content (AvgIpc) is 3.19. The predicted molar refractivity (Wildman–Crippen MR) is 110 cm³/mol. The van der Waals surface area contributed by atoms with Crippen LogP contribution in [-0.4, -0.2) is 29.0 Å². The molecule has 1 fully saturated rings. The molecule has 2 amide bonds. The zero-order valence-corrected chi connectivity index (χ0v) is 16.9. The van der Waals surface area contributed by atoms with Gasteiger partial charge < -0.3 is 9.80 Å². The summed E-state index contributed by atoms with van der Waals surface area (Å²) < 4.78 is 0. The number of hydrogen-bond donors (Lipinski definition) is 0. The largest absolute Gasteiger partial charge is 0.315 e. The van der Waals surface area contributed by atoms with Crippen molar-refractivity contribution in [2.45, 2.75) is 31.7 Å². The van der Waals surface area contributed by atoms with E-state index in [-0.39, 0.29) is 11.8 Å². The highest BCUT2D eigenvalue weighted by Gasteiger charge is 2.59. The fraction of sp³-hybridized carbons (Fsp3) is 0.333. The third-order valence-electron chi connectivity index (χ3n) is 5.18.